The van der Waals surface area contributed by atoms with Crippen LogP contribution < -0.4 is 5.32 Å². The van der Waals surface area contributed by atoms with E-state index in [4.69, 9.17) is 0 Å². The lowest BCUT2D eigenvalue weighted by Gasteiger charge is -2.10. The van der Waals surface area contributed by atoms with E-state index in [0.717, 1.165) is 22.7 Å². The Morgan fingerprint density at radius 1 is 0.750 bits per heavy atom. The number of carbonyl (C=O) groups excluding carboxylic acids is 2. The van der Waals surface area contributed by atoms with Gasteiger partial charge in [0, 0.05) is 22.1 Å². The number of benzene rings is 3. The Bertz CT molecular complexity index is 1080. The fourth-order valence-electron chi connectivity index (χ4n) is 2.90. The van der Waals surface area contributed by atoms with Crippen LogP contribution in [0.2, 0.25) is 0 Å². The van der Waals surface area contributed by atoms with Gasteiger partial charge in [-0.1, -0.05) is 54.2 Å². The average molecular weight is 393 g/mol. The second kappa shape index (κ2) is 7.40. The predicted molar refractivity (Wildman–Crippen MR) is 104 cm³/mol. The third-order valence-corrected chi connectivity index (χ3v) is 5.28. The molecule has 0 amide bonds. The molecule has 4 rings (SSSR count). The number of hydrogen-bond acceptors (Lipinski definition) is 4. The number of rotatable bonds is 4. The second-order valence-electron chi connectivity index (χ2n) is 6.11. The SMILES string of the molecule is O=C(/C(C(=O)c1cc(F)cc(F)c1)=C1\Nc2ccccc2S1)c1ccccc1. The van der Waals surface area contributed by atoms with Crippen LogP contribution in [0.1, 0.15) is 20.7 Å². The summed E-state index contributed by atoms with van der Waals surface area (Å²) in [6.45, 7) is 0. The predicted octanol–water partition coefficient (Wildman–Crippen LogP) is 5.46. The molecule has 0 bridgehead atoms. The van der Waals surface area contributed by atoms with Crippen LogP contribution in [0.25, 0.3) is 0 Å². The van der Waals surface area contributed by atoms with E-state index >= 15 is 0 Å². The minimum Gasteiger partial charge on any atom is -0.348 e. The fourth-order valence-corrected chi connectivity index (χ4v) is 3.95. The minimum atomic E-state index is -0.879. The van der Waals surface area contributed by atoms with Gasteiger partial charge in [-0.05, 0) is 24.3 Å². The van der Waals surface area contributed by atoms with Gasteiger partial charge in [0.15, 0.2) is 11.6 Å². The molecule has 1 N–H and O–H groups in total. The van der Waals surface area contributed by atoms with Crippen molar-refractivity contribution in [3.63, 3.8) is 0 Å². The summed E-state index contributed by atoms with van der Waals surface area (Å²) in [7, 11) is 0. The van der Waals surface area contributed by atoms with E-state index in [1.165, 1.54) is 11.8 Å². The number of thioether (sulfide) groups is 1. The molecule has 0 fully saturated rings. The van der Waals surface area contributed by atoms with Crippen LogP contribution in [0.3, 0.4) is 0 Å². The van der Waals surface area contributed by atoms with Crippen molar-refractivity contribution in [3.8, 4) is 0 Å². The van der Waals surface area contributed by atoms with Crippen LogP contribution in [0, 0.1) is 11.6 Å². The Morgan fingerprint density at radius 2 is 1.36 bits per heavy atom. The van der Waals surface area contributed by atoms with Crippen molar-refractivity contribution in [1.82, 2.24) is 0 Å². The molecule has 3 aromatic carbocycles. The second-order valence-corrected chi connectivity index (χ2v) is 7.16. The maximum absolute atomic E-state index is 13.7. The van der Waals surface area contributed by atoms with E-state index in [2.05, 4.69) is 5.32 Å². The van der Waals surface area contributed by atoms with Crippen LogP contribution in [0.5, 0.6) is 0 Å². The molecule has 3 nitrogen and oxygen atoms in total. The van der Waals surface area contributed by atoms with E-state index in [1.54, 1.807) is 30.3 Å². The fraction of sp³-hybridized carbons (Fsp3) is 0. The van der Waals surface area contributed by atoms with E-state index in [9.17, 15) is 18.4 Å². The first-order valence-electron chi connectivity index (χ1n) is 8.41. The van der Waals surface area contributed by atoms with Crippen LogP contribution in [0.15, 0.2) is 88.3 Å². The summed E-state index contributed by atoms with van der Waals surface area (Å²) in [6, 6.07) is 18.2. The Labute approximate surface area is 164 Å². The summed E-state index contributed by atoms with van der Waals surface area (Å²) < 4.78 is 27.3. The standard InChI is InChI=1S/C22H13F2NO2S/c23-15-10-14(11-16(24)12-15)21(27)19(20(26)13-6-2-1-3-7-13)22-25-17-8-4-5-9-18(17)28-22/h1-12,25H/b22-19-. The third kappa shape index (κ3) is 3.46. The van der Waals surface area contributed by atoms with Gasteiger partial charge in [0.2, 0.25) is 0 Å². The van der Waals surface area contributed by atoms with Crippen molar-refractivity contribution < 1.29 is 18.4 Å². The van der Waals surface area contributed by atoms with Crippen LogP contribution in [0.4, 0.5) is 14.5 Å². The Kier molecular flexibility index (Phi) is 4.79. The van der Waals surface area contributed by atoms with Gasteiger partial charge in [0.05, 0.1) is 10.7 Å². The molecule has 0 radical (unpaired) electrons. The van der Waals surface area contributed by atoms with Gasteiger partial charge in [0.25, 0.3) is 0 Å². The molecule has 6 heteroatoms. The van der Waals surface area contributed by atoms with Gasteiger partial charge in [-0.15, -0.1) is 0 Å². The monoisotopic (exact) mass is 393 g/mol. The zero-order chi connectivity index (χ0) is 19.7. The summed E-state index contributed by atoms with van der Waals surface area (Å²) in [6.07, 6.45) is 0. The Morgan fingerprint density at radius 3 is 2.04 bits per heavy atom. The summed E-state index contributed by atoms with van der Waals surface area (Å²) >= 11 is 1.24. The molecule has 138 valence electrons. The van der Waals surface area contributed by atoms with Crippen LogP contribution >= 0.6 is 11.8 Å². The number of Topliss-reactive ketones (excluding diaryl/α,β-unsaturated/α-hetero) is 2. The molecule has 0 unspecified atom stereocenters. The normalized spacial score (nSPS) is 14.2. The summed E-state index contributed by atoms with van der Waals surface area (Å²) in [4.78, 5) is 27.1. The van der Waals surface area contributed by atoms with Gasteiger partial charge >= 0.3 is 0 Å². The number of allylic oxidation sites excluding steroid dienone is 1. The van der Waals surface area contributed by atoms with Gasteiger partial charge in [-0.25, -0.2) is 8.78 Å². The molecule has 0 spiro atoms. The number of halogens is 2. The molecule has 0 saturated carbocycles. The largest absolute Gasteiger partial charge is 0.348 e. The number of anilines is 1. The van der Waals surface area contributed by atoms with Crippen LogP contribution in [-0.2, 0) is 0 Å². The highest BCUT2D eigenvalue weighted by Gasteiger charge is 2.30. The summed E-state index contributed by atoms with van der Waals surface area (Å²) in [5, 5.41) is 3.42. The lowest BCUT2D eigenvalue weighted by molar-refractivity contribution is 0.0961. The van der Waals surface area contributed by atoms with E-state index in [0.29, 0.717) is 16.7 Å². The van der Waals surface area contributed by atoms with E-state index in [-0.39, 0.29) is 11.1 Å². The zero-order valence-electron chi connectivity index (χ0n) is 14.4. The van der Waals surface area contributed by atoms with E-state index < -0.39 is 23.2 Å². The smallest absolute Gasteiger partial charge is 0.199 e. The maximum Gasteiger partial charge on any atom is 0.199 e. The molecule has 3 aromatic rings. The number of ketones is 2. The van der Waals surface area contributed by atoms with Crippen molar-refractivity contribution in [1.29, 1.82) is 0 Å². The summed E-state index contributed by atoms with van der Waals surface area (Å²) in [5.74, 6) is -3.02. The first kappa shape index (κ1) is 18.1. The summed E-state index contributed by atoms with van der Waals surface area (Å²) in [5.41, 5.74) is 0.702. The molecular formula is C22H13F2NO2S. The minimum absolute atomic E-state index is 0.155. The van der Waals surface area contributed by atoms with Gasteiger partial charge < -0.3 is 5.32 Å². The van der Waals surface area contributed by atoms with Crippen molar-refractivity contribution in [3.05, 3.63) is 106 Å². The molecule has 1 aliphatic rings. The highest BCUT2D eigenvalue weighted by atomic mass is 32.2. The number of para-hydroxylation sites is 1. The van der Waals surface area contributed by atoms with Gasteiger partial charge in [-0.2, -0.15) is 0 Å². The molecule has 0 aliphatic carbocycles. The first-order chi connectivity index (χ1) is 13.5. The quantitative estimate of drug-likeness (QED) is 0.277. The Hall–Kier alpha value is -3.25. The average Bonchev–Trinajstić information content (AvgIpc) is 3.11. The van der Waals surface area contributed by atoms with Crippen molar-refractivity contribution >= 4 is 29.0 Å². The number of nitrogens with one attached hydrogen (secondary N) is 1. The molecule has 0 saturated heterocycles. The highest BCUT2D eigenvalue weighted by molar-refractivity contribution is 8.03. The zero-order valence-corrected chi connectivity index (χ0v) is 15.2. The third-order valence-electron chi connectivity index (χ3n) is 4.19. The Balaban J connectivity index is 1.84. The molecule has 28 heavy (non-hydrogen) atoms. The maximum atomic E-state index is 13.7. The van der Waals surface area contributed by atoms with Gasteiger partial charge in [-0.3, -0.25) is 9.59 Å². The topological polar surface area (TPSA) is 46.2 Å². The number of fused-ring (bicyclic) bond motifs is 1. The van der Waals surface area contributed by atoms with Crippen molar-refractivity contribution in [2.24, 2.45) is 0 Å². The molecule has 1 aliphatic heterocycles. The highest BCUT2D eigenvalue weighted by Crippen LogP contribution is 2.43. The van der Waals surface area contributed by atoms with E-state index in [1.807, 2.05) is 24.3 Å². The van der Waals surface area contributed by atoms with Crippen molar-refractivity contribution in [2.75, 3.05) is 5.32 Å². The van der Waals surface area contributed by atoms with Gasteiger partial charge in [0.1, 0.15) is 17.2 Å². The van der Waals surface area contributed by atoms with Crippen molar-refractivity contribution in [2.45, 2.75) is 4.90 Å². The lowest BCUT2D eigenvalue weighted by atomic mass is 9.96. The number of hydrogen-bond donors (Lipinski definition) is 1. The first-order valence-corrected chi connectivity index (χ1v) is 9.23. The number of carbonyl (C=O) groups is 2. The lowest BCUT2D eigenvalue weighted by Crippen LogP contribution is -2.17. The molecule has 1 heterocycles. The van der Waals surface area contributed by atoms with Crippen LogP contribution in [-0.4, -0.2) is 11.6 Å². The molecule has 0 aromatic heterocycles. The molecular weight excluding hydrogens is 380 g/mol. The molecule has 0 atom stereocenters.